The van der Waals surface area contributed by atoms with Gasteiger partial charge in [0.2, 0.25) is 15.9 Å². The molecule has 0 aliphatic carbocycles. The summed E-state index contributed by atoms with van der Waals surface area (Å²) in [5.74, 6) is 1.08. The molecular weight excluding hydrogens is 404 g/mol. The monoisotopic (exact) mass is 428 g/mol. The third-order valence-electron chi connectivity index (χ3n) is 4.41. The zero-order chi connectivity index (χ0) is 21.4. The minimum atomic E-state index is -3.68. The second kappa shape index (κ2) is 10.1. The summed E-state index contributed by atoms with van der Waals surface area (Å²) in [5, 5.41) is 4.51. The molecule has 0 spiro atoms. The van der Waals surface area contributed by atoms with E-state index in [1.54, 1.807) is 37.4 Å². The van der Waals surface area contributed by atoms with Crippen molar-refractivity contribution in [3.63, 3.8) is 0 Å². The molecule has 3 rings (SSSR count). The van der Waals surface area contributed by atoms with E-state index >= 15 is 0 Å². The molecule has 0 aromatic heterocycles. The van der Waals surface area contributed by atoms with Crippen molar-refractivity contribution in [2.75, 3.05) is 26.8 Å². The number of carbonyl (C=O) groups is 1. The van der Waals surface area contributed by atoms with Crippen molar-refractivity contribution < 1.29 is 22.7 Å². The van der Waals surface area contributed by atoms with Crippen molar-refractivity contribution in [1.29, 1.82) is 0 Å². The highest BCUT2D eigenvalue weighted by atomic mass is 32.2. The fraction of sp³-hybridized carbons (Fsp3) is 0.227. The van der Waals surface area contributed by atoms with Crippen LogP contribution in [0.1, 0.15) is 6.42 Å². The first-order valence-electron chi connectivity index (χ1n) is 9.50. The van der Waals surface area contributed by atoms with Gasteiger partial charge in [-0.25, -0.2) is 13.1 Å². The van der Waals surface area contributed by atoms with Crippen molar-refractivity contribution in [3.8, 4) is 11.5 Å². The maximum absolute atomic E-state index is 12.5. The molecule has 0 aliphatic rings. The Hall–Kier alpha value is -3.10. The number of amides is 1. The number of hydrogen-bond acceptors (Lipinski definition) is 5. The molecule has 0 aliphatic heterocycles. The van der Waals surface area contributed by atoms with Gasteiger partial charge in [0.25, 0.3) is 0 Å². The number of nitrogens with one attached hydrogen (secondary N) is 2. The lowest BCUT2D eigenvalue weighted by molar-refractivity contribution is -0.121. The first-order valence-corrected chi connectivity index (χ1v) is 11.0. The van der Waals surface area contributed by atoms with Gasteiger partial charge >= 0.3 is 0 Å². The number of benzene rings is 3. The van der Waals surface area contributed by atoms with Crippen LogP contribution >= 0.6 is 0 Å². The lowest BCUT2D eigenvalue weighted by atomic mass is 10.1. The number of ether oxygens (including phenoxy) is 2. The lowest BCUT2D eigenvalue weighted by Crippen LogP contribution is -2.32. The fourth-order valence-corrected chi connectivity index (χ4v) is 3.92. The molecule has 2 N–H and O–H groups in total. The summed E-state index contributed by atoms with van der Waals surface area (Å²) >= 11 is 0. The summed E-state index contributed by atoms with van der Waals surface area (Å²) in [7, 11) is -2.10. The Labute approximate surface area is 176 Å². The zero-order valence-corrected chi connectivity index (χ0v) is 17.4. The highest BCUT2D eigenvalue weighted by Gasteiger charge is 2.14. The van der Waals surface area contributed by atoms with Crippen molar-refractivity contribution in [1.82, 2.24) is 10.0 Å². The van der Waals surface area contributed by atoms with Gasteiger partial charge in [-0.05, 0) is 35.0 Å². The number of sulfonamides is 1. The summed E-state index contributed by atoms with van der Waals surface area (Å²) in [6.07, 6.45) is 0.0337. The van der Waals surface area contributed by atoms with Crippen LogP contribution in [0.5, 0.6) is 11.5 Å². The molecule has 8 heteroatoms. The Morgan fingerprint density at radius 2 is 1.67 bits per heavy atom. The highest BCUT2D eigenvalue weighted by Crippen LogP contribution is 2.19. The van der Waals surface area contributed by atoms with Crippen LogP contribution in [0, 0.1) is 0 Å². The zero-order valence-electron chi connectivity index (χ0n) is 16.6. The van der Waals surface area contributed by atoms with Gasteiger partial charge in [-0.1, -0.05) is 36.4 Å². The number of carbonyl (C=O) groups excluding carboxylic acids is 1. The minimum Gasteiger partial charge on any atom is -0.497 e. The van der Waals surface area contributed by atoms with Crippen LogP contribution in [0.3, 0.4) is 0 Å². The van der Waals surface area contributed by atoms with Crippen LogP contribution in [0.2, 0.25) is 0 Å². The van der Waals surface area contributed by atoms with Gasteiger partial charge in [-0.2, -0.15) is 0 Å². The van der Waals surface area contributed by atoms with Crippen LogP contribution in [0.25, 0.3) is 10.8 Å². The van der Waals surface area contributed by atoms with Crippen molar-refractivity contribution in [3.05, 3.63) is 66.7 Å². The molecular formula is C22H24N2O5S. The topological polar surface area (TPSA) is 93.7 Å². The predicted octanol–water partition coefficient (Wildman–Crippen LogP) is 2.71. The van der Waals surface area contributed by atoms with E-state index in [1.807, 2.05) is 36.4 Å². The standard InChI is InChI=1S/C22H24N2O5S/c1-28-19-7-4-8-20(16-19)29-14-13-23-22(25)11-12-24-30(26,27)21-10-9-17-5-2-3-6-18(17)15-21/h2-10,15-16,24H,11-14H2,1H3,(H,23,25). The molecule has 0 heterocycles. The summed E-state index contributed by atoms with van der Waals surface area (Å²) < 4.78 is 38.0. The van der Waals surface area contributed by atoms with Crippen LogP contribution in [-0.2, 0) is 14.8 Å². The first kappa shape index (κ1) is 21.6. The summed E-state index contributed by atoms with van der Waals surface area (Å²) in [6.45, 7) is 0.618. The molecule has 0 atom stereocenters. The third kappa shape index (κ3) is 5.95. The Bertz CT molecular complexity index is 1120. The number of rotatable bonds is 10. The quantitative estimate of drug-likeness (QED) is 0.484. The number of hydrogen-bond donors (Lipinski definition) is 2. The second-order valence-corrected chi connectivity index (χ2v) is 8.30. The normalized spacial score (nSPS) is 11.2. The van der Waals surface area contributed by atoms with Gasteiger partial charge in [0.05, 0.1) is 18.6 Å². The fourth-order valence-electron chi connectivity index (χ4n) is 2.86. The van der Waals surface area contributed by atoms with E-state index < -0.39 is 10.0 Å². The maximum Gasteiger partial charge on any atom is 0.240 e. The van der Waals surface area contributed by atoms with E-state index in [2.05, 4.69) is 10.0 Å². The smallest absolute Gasteiger partial charge is 0.240 e. The van der Waals surface area contributed by atoms with Crippen LogP contribution in [-0.4, -0.2) is 41.1 Å². The Balaban J connectivity index is 1.40. The molecule has 0 unspecified atom stereocenters. The third-order valence-corrected chi connectivity index (χ3v) is 5.87. The molecule has 0 saturated heterocycles. The molecule has 158 valence electrons. The Morgan fingerprint density at radius 1 is 0.900 bits per heavy atom. The van der Waals surface area contributed by atoms with Gasteiger partial charge in [-0.15, -0.1) is 0 Å². The molecule has 0 bridgehead atoms. The molecule has 3 aromatic rings. The summed E-state index contributed by atoms with van der Waals surface area (Å²) in [4.78, 5) is 12.1. The van der Waals surface area contributed by atoms with E-state index in [0.717, 1.165) is 10.8 Å². The lowest BCUT2D eigenvalue weighted by Gasteiger charge is -2.10. The van der Waals surface area contributed by atoms with Crippen LogP contribution < -0.4 is 19.5 Å². The van der Waals surface area contributed by atoms with Crippen molar-refractivity contribution >= 4 is 26.7 Å². The van der Waals surface area contributed by atoms with Gasteiger partial charge in [0, 0.05) is 19.0 Å². The molecule has 3 aromatic carbocycles. The summed E-state index contributed by atoms with van der Waals surface area (Å²) in [6, 6.07) is 19.6. The maximum atomic E-state index is 12.5. The molecule has 7 nitrogen and oxygen atoms in total. The summed E-state index contributed by atoms with van der Waals surface area (Å²) in [5.41, 5.74) is 0. The van der Waals surface area contributed by atoms with Gasteiger partial charge in [-0.3, -0.25) is 4.79 Å². The second-order valence-electron chi connectivity index (χ2n) is 6.53. The van der Waals surface area contributed by atoms with Crippen LogP contribution in [0.4, 0.5) is 0 Å². The predicted molar refractivity (Wildman–Crippen MR) is 115 cm³/mol. The Morgan fingerprint density at radius 3 is 2.47 bits per heavy atom. The SMILES string of the molecule is COc1cccc(OCCNC(=O)CCNS(=O)(=O)c2ccc3ccccc3c2)c1. The minimum absolute atomic E-state index is 0.0116. The van der Waals surface area contributed by atoms with Crippen molar-refractivity contribution in [2.24, 2.45) is 0 Å². The van der Waals surface area contributed by atoms with Gasteiger partial charge in [0.15, 0.2) is 0 Å². The average Bonchev–Trinajstić information content (AvgIpc) is 2.76. The van der Waals surface area contributed by atoms with E-state index in [4.69, 9.17) is 9.47 Å². The van der Waals surface area contributed by atoms with E-state index in [1.165, 1.54) is 0 Å². The van der Waals surface area contributed by atoms with E-state index in [-0.39, 0.29) is 23.8 Å². The molecule has 1 amide bonds. The Kier molecular flexibility index (Phi) is 7.26. The average molecular weight is 429 g/mol. The largest absolute Gasteiger partial charge is 0.497 e. The van der Waals surface area contributed by atoms with Crippen molar-refractivity contribution in [2.45, 2.75) is 11.3 Å². The molecule has 30 heavy (non-hydrogen) atoms. The van der Waals surface area contributed by atoms with Gasteiger partial charge < -0.3 is 14.8 Å². The molecule has 0 fully saturated rings. The molecule has 0 radical (unpaired) electrons. The number of fused-ring (bicyclic) bond motifs is 1. The van der Waals surface area contributed by atoms with Crippen LogP contribution in [0.15, 0.2) is 71.6 Å². The van der Waals surface area contributed by atoms with E-state index in [0.29, 0.717) is 24.7 Å². The molecule has 0 saturated carbocycles. The van der Waals surface area contributed by atoms with E-state index in [9.17, 15) is 13.2 Å². The van der Waals surface area contributed by atoms with Gasteiger partial charge in [0.1, 0.15) is 18.1 Å². The first-order chi connectivity index (χ1) is 14.5. The highest BCUT2D eigenvalue weighted by molar-refractivity contribution is 7.89. The number of methoxy groups -OCH3 is 1.